The topological polar surface area (TPSA) is 68.5 Å². The zero-order valence-corrected chi connectivity index (χ0v) is 11.5. The Morgan fingerprint density at radius 2 is 2.11 bits per heavy atom. The minimum absolute atomic E-state index is 0.0587. The normalized spacial score (nSPS) is 15.5. The fraction of sp³-hybridized carbons (Fsp3) is 0.538. The van der Waals surface area contributed by atoms with Crippen molar-refractivity contribution in [1.82, 2.24) is 25.2 Å². The minimum atomic E-state index is -0.0587. The molecule has 1 fully saturated rings. The molecule has 0 radical (unpaired) electrons. The molecular formula is C13H18N6. The van der Waals surface area contributed by atoms with E-state index in [2.05, 4.69) is 46.6 Å². The van der Waals surface area contributed by atoms with Crippen molar-refractivity contribution in [2.24, 2.45) is 0 Å². The standard InChI is InChI=1S/C13H18N6/c1-13(2,3)15-11-10(5-4-8-14-11)19-12(9-6-7-9)16-17-18-19/h4-5,8-9H,6-7H2,1-3H3,(H,14,15). The Labute approximate surface area is 112 Å². The van der Waals surface area contributed by atoms with Crippen LogP contribution in [-0.4, -0.2) is 30.7 Å². The Morgan fingerprint density at radius 1 is 1.32 bits per heavy atom. The van der Waals surface area contributed by atoms with Gasteiger partial charge < -0.3 is 5.32 Å². The minimum Gasteiger partial charge on any atom is -0.364 e. The summed E-state index contributed by atoms with van der Waals surface area (Å²) in [4.78, 5) is 4.41. The Hall–Kier alpha value is -1.98. The van der Waals surface area contributed by atoms with Crippen LogP contribution in [0.15, 0.2) is 18.3 Å². The first-order chi connectivity index (χ1) is 9.04. The van der Waals surface area contributed by atoms with Gasteiger partial charge in [0.25, 0.3) is 0 Å². The average Bonchev–Trinajstić information content (AvgIpc) is 3.06. The molecule has 19 heavy (non-hydrogen) atoms. The predicted octanol–water partition coefficient (Wildman–Crippen LogP) is 2.15. The molecule has 0 bridgehead atoms. The lowest BCUT2D eigenvalue weighted by molar-refractivity contribution is 0.627. The molecule has 1 aliphatic rings. The van der Waals surface area contributed by atoms with Crippen LogP contribution < -0.4 is 5.32 Å². The van der Waals surface area contributed by atoms with Gasteiger partial charge in [0.2, 0.25) is 0 Å². The second-order valence-electron chi connectivity index (χ2n) is 5.97. The fourth-order valence-electron chi connectivity index (χ4n) is 1.98. The van der Waals surface area contributed by atoms with E-state index < -0.39 is 0 Å². The van der Waals surface area contributed by atoms with Crippen LogP contribution in [0.1, 0.15) is 45.4 Å². The van der Waals surface area contributed by atoms with Crippen molar-refractivity contribution in [1.29, 1.82) is 0 Å². The van der Waals surface area contributed by atoms with Crippen LogP contribution in [0.25, 0.3) is 5.69 Å². The highest BCUT2D eigenvalue weighted by Gasteiger charge is 2.30. The van der Waals surface area contributed by atoms with Gasteiger partial charge in [-0.3, -0.25) is 0 Å². The highest BCUT2D eigenvalue weighted by molar-refractivity contribution is 5.56. The summed E-state index contributed by atoms with van der Waals surface area (Å²) < 4.78 is 1.80. The van der Waals surface area contributed by atoms with E-state index in [1.165, 1.54) is 12.8 Å². The highest BCUT2D eigenvalue weighted by Crippen LogP contribution is 2.39. The molecule has 0 unspecified atom stereocenters. The summed E-state index contributed by atoms with van der Waals surface area (Å²) in [5, 5.41) is 15.5. The molecule has 1 N–H and O–H groups in total. The largest absolute Gasteiger partial charge is 0.364 e. The molecule has 6 heteroatoms. The summed E-state index contributed by atoms with van der Waals surface area (Å²) in [7, 11) is 0. The maximum atomic E-state index is 4.41. The maximum Gasteiger partial charge on any atom is 0.159 e. The molecule has 1 aliphatic carbocycles. The Kier molecular flexibility index (Phi) is 2.73. The van der Waals surface area contributed by atoms with Crippen LogP contribution in [-0.2, 0) is 0 Å². The lowest BCUT2D eigenvalue weighted by Gasteiger charge is -2.23. The first kappa shape index (κ1) is 12.1. The van der Waals surface area contributed by atoms with Crippen molar-refractivity contribution in [3.63, 3.8) is 0 Å². The van der Waals surface area contributed by atoms with Gasteiger partial charge in [0.1, 0.15) is 5.69 Å². The summed E-state index contributed by atoms with van der Waals surface area (Å²) in [6.45, 7) is 6.31. The van der Waals surface area contributed by atoms with E-state index >= 15 is 0 Å². The molecule has 0 aromatic carbocycles. The third kappa shape index (κ3) is 2.57. The van der Waals surface area contributed by atoms with Gasteiger partial charge in [0.15, 0.2) is 11.6 Å². The van der Waals surface area contributed by atoms with Gasteiger partial charge in [-0.15, -0.1) is 5.10 Å². The average molecular weight is 258 g/mol. The second-order valence-corrected chi connectivity index (χ2v) is 5.97. The molecular weight excluding hydrogens is 240 g/mol. The van der Waals surface area contributed by atoms with E-state index in [4.69, 9.17) is 0 Å². The third-order valence-electron chi connectivity index (χ3n) is 2.94. The number of nitrogens with one attached hydrogen (secondary N) is 1. The van der Waals surface area contributed by atoms with Crippen molar-refractivity contribution in [3.8, 4) is 5.69 Å². The van der Waals surface area contributed by atoms with E-state index in [0.717, 1.165) is 17.3 Å². The van der Waals surface area contributed by atoms with Crippen molar-refractivity contribution < 1.29 is 0 Å². The van der Waals surface area contributed by atoms with Crippen molar-refractivity contribution in [2.75, 3.05) is 5.32 Å². The van der Waals surface area contributed by atoms with Gasteiger partial charge in [0.05, 0.1) is 0 Å². The first-order valence-corrected chi connectivity index (χ1v) is 6.56. The van der Waals surface area contributed by atoms with Gasteiger partial charge >= 0.3 is 0 Å². The summed E-state index contributed by atoms with van der Waals surface area (Å²) in [6.07, 6.45) is 4.12. The Morgan fingerprint density at radius 3 is 2.79 bits per heavy atom. The van der Waals surface area contributed by atoms with Crippen LogP contribution in [0, 0.1) is 0 Å². The monoisotopic (exact) mass is 258 g/mol. The van der Waals surface area contributed by atoms with Crippen LogP contribution in [0.3, 0.4) is 0 Å². The second kappa shape index (κ2) is 4.29. The summed E-state index contributed by atoms with van der Waals surface area (Å²) in [6, 6.07) is 3.89. The number of rotatable bonds is 3. The number of anilines is 1. The van der Waals surface area contributed by atoms with Gasteiger partial charge in [-0.1, -0.05) is 0 Å². The molecule has 0 aliphatic heterocycles. The predicted molar refractivity (Wildman–Crippen MR) is 72.3 cm³/mol. The number of aromatic nitrogens is 5. The zero-order chi connectivity index (χ0) is 13.5. The van der Waals surface area contributed by atoms with Gasteiger partial charge in [0, 0.05) is 17.7 Å². The highest BCUT2D eigenvalue weighted by atomic mass is 15.5. The number of nitrogens with zero attached hydrogens (tertiary/aromatic N) is 5. The van der Waals surface area contributed by atoms with E-state index in [9.17, 15) is 0 Å². The van der Waals surface area contributed by atoms with E-state index in [1.807, 2.05) is 12.1 Å². The van der Waals surface area contributed by atoms with Crippen molar-refractivity contribution in [3.05, 3.63) is 24.2 Å². The van der Waals surface area contributed by atoms with Crippen LogP contribution in [0.2, 0.25) is 0 Å². The maximum absolute atomic E-state index is 4.41. The lowest BCUT2D eigenvalue weighted by Crippen LogP contribution is -2.27. The number of hydrogen-bond acceptors (Lipinski definition) is 5. The van der Waals surface area contributed by atoms with Crippen molar-refractivity contribution >= 4 is 5.82 Å². The molecule has 0 spiro atoms. The zero-order valence-electron chi connectivity index (χ0n) is 11.5. The fourth-order valence-corrected chi connectivity index (χ4v) is 1.98. The van der Waals surface area contributed by atoms with Crippen LogP contribution in [0.4, 0.5) is 5.82 Å². The van der Waals surface area contributed by atoms with Gasteiger partial charge in [-0.25, -0.2) is 4.98 Å². The quantitative estimate of drug-likeness (QED) is 0.913. The Bertz CT molecular complexity index is 579. The van der Waals surface area contributed by atoms with Crippen LogP contribution >= 0.6 is 0 Å². The van der Waals surface area contributed by atoms with E-state index in [-0.39, 0.29) is 5.54 Å². The summed E-state index contributed by atoms with van der Waals surface area (Å²) in [5.74, 6) is 2.24. The molecule has 2 aromatic heterocycles. The van der Waals surface area contributed by atoms with Gasteiger partial charge in [-0.2, -0.15) is 4.68 Å². The molecule has 100 valence electrons. The number of pyridine rings is 1. The Balaban J connectivity index is 2.02. The SMILES string of the molecule is CC(C)(C)Nc1ncccc1-n1nnnc1C1CC1. The number of hydrogen-bond donors (Lipinski definition) is 1. The molecule has 1 saturated carbocycles. The molecule has 0 amide bonds. The molecule has 0 atom stereocenters. The summed E-state index contributed by atoms with van der Waals surface area (Å²) >= 11 is 0. The summed E-state index contributed by atoms with van der Waals surface area (Å²) in [5.41, 5.74) is 0.848. The van der Waals surface area contributed by atoms with E-state index in [1.54, 1.807) is 10.9 Å². The van der Waals surface area contributed by atoms with Crippen molar-refractivity contribution in [2.45, 2.75) is 45.1 Å². The first-order valence-electron chi connectivity index (χ1n) is 6.56. The van der Waals surface area contributed by atoms with Gasteiger partial charge in [-0.05, 0) is 56.2 Å². The number of tetrazole rings is 1. The van der Waals surface area contributed by atoms with Crippen LogP contribution in [0.5, 0.6) is 0 Å². The molecule has 0 saturated heterocycles. The molecule has 2 aromatic rings. The molecule has 6 nitrogen and oxygen atoms in total. The molecule has 3 rings (SSSR count). The molecule has 2 heterocycles. The smallest absolute Gasteiger partial charge is 0.159 e. The van der Waals surface area contributed by atoms with E-state index in [0.29, 0.717) is 5.92 Å². The third-order valence-corrected chi connectivity index (χ3v) is 2.94. The lowest BCUT2D eigenvalue weighted by atomic mass is 10.1.